The molecule has 3 rings (SSSR count). The third-order valence-electron chi connectivity index (χ3n) is 3.39. The summed E-state index contributed by atoms with van der Waals surface area (Å²) in [5, 5.41) is 14.5. The first-order valence-electron chi connectivity index (χ1n) is 6.79. The van der Waals surface area contributed by atoms with E-state index >= 15 is 0 Å². The molecule has 0 radical (unpaired) electrons. The zero-order valence-electron chi connectivity index (χ0n) is 12.7. The second-order valence-electron chi connectivity index (χ2n) is 4.64. The number of benzene rings is 3. The SMILES string of the molecule is Cl.Cl.[N-]=P(c1ccccc1)(c1ccccc1)c1ccccc1.[O]=[V]. The Bertz CT molecular complexity index is 654. The molecule has 0 saturated heterocycles. The molecule has 24 heavy (non-hydrogen) atoms. The molecule has 0 aromatic heterocycles. The van der Waals surface area contributed by atoms with Crippen molar-refractivity contribution in [2.75, 3.05) is 0 Å². The zero-order valence-corrected chi connectivity index (χ0v) is 16.7. The quantitative estimate of drug-likeness (QED) is 0.582. The Morgan fingerprint density at radius 2 is 0.750 bits per heavy atom. The molecule has 0 amide bonds. The molecule has 0 heterocycles. The van der Waals surface area contributed by atoms with Crippen molar-refractivity contribution in [1.82, 2.24) is 0 Å². The van der Waals surface area contributed by atoms with Crippen molar-refractivity contribution >= 4 is 47.8 Å². The van der Waals surface area contributed by atoms with Gasteiger partial charge in [0.1, 0.15) is 0 Å². The van der Waals surface area contributed by atoms with Crippen LogP contribution >= 0.6 is 31.9 Å². The summed E-state index contributed by atoms with van der Waals surface area (Å²) in [6.45, 7) is 0. The van der Waals surface area contributed by atoms with Crippen LogP contribution in [0.5, 0.6) is 0 Å². The average Bonchev–Trinajstić information content (AvgIpc) is 2.65. The predicted octanol–water partition coefficient (Wildman–Crippen LogP) is 4.46. The molecule has 2 nitrogen and oxygen atoms in total. The molecule has 125 valence electrons. The Morgan fingerprint density at radius 1 is 0.542 bits per heavy atom. The van der Waals surface area contributed by atoms with Crippen LogP contribution in [-0.2, 0) is 21.0 Å². The molecule has 0 atom stereocenters. The summed E-state index contributed by atoms with van der Waals surface area (Å²) in [6.07, 6.45) is 0. The third kappa shape index (κ3) is 4.93. The van der Waals surface area contributed by atoms with Crippen molar-refractivity contribution < 1.29 is 21.0 Å². The molecule has 0 N–H and O–H groups in total. The molecule has 0 aliphatic carbocycles. The van der Waals surface area contributed by atoms with E-state index in [2.05, 4.69) is 0 Å². The number of hydrogen-bond acceptors (Lipinski definition) is 1. The van der Waals surface area contributed by atoms with Crippen LogP contribution in [-0.4, -0.2) is 0 Å². The molecular weight excluding hydrogens is 399 g/mol. The summed E-state index contributed by atoms with van der Waals surface area (Å²) in [5.74, 6) is 0. The normalized spacial score (nSPS) is 9.46. The average molecular weight is 416 g/mol. The Hall–Kier alpha value is -1.15. The summed E-state index contributed by atoms with van der Waals surface area (Å²) >= 11 is 1.06. The van der Waals surface area contributed by atoms with E-state index in [0.717, 1.165) is 33.3 Å². The number of rotatable bonds is 3. The Morgan fingerprint density at radius 3 is 0.958 bits per heavy atom. The second kappa shape index (κ2) is 11.4. The van der Waals surface area contributed by atoms with Crippen molar-refractivity contribution in [1.29, 1.82) is 0 Å². The van der Waals surface area contributed by atoms with Crippen LogP contribution in [0.25, 0.3) is 5.16 Å². The first-order chi connectivity index (χ1) is 10.8. The Balaban J connectivity index is 0.00000128. The minimum absolute atomic E-state index is 0. The van der Waals surface area contributed by atoms with E-state index in [-0.39, 0.29) is 24.8 Å². The van der Waals surface area contributed by atoms with Gasteiger partial charge in [0.15, 0.2) is 0 Å². The van der Waals surface area contributed by atoms with Gasteiger partial charge in [0, 0.05) is 0 Å². The number of nitrogens with zero attached hydrogens (tertiary/aromatic N) is 1. The molecule has 0 fully saturated rings. The molecule has 0 aliphatic rings. The molecular formula is C18H17Cl2NOPV-. The van der Waals surface area contributed by atoms with Gasteiger partial charge in [-0.2, -0.15) is 0 Å². The monoisotopic (exact) mass is 415 g/mol. The molecule has 6 heteroatoms. The van der Waals surface area contributed by atoms with Crippen LogP contribution in [0.3, 0.4) is 0 Å². The molecule has 0 unspecified atom stereocenters. The minimum atomic E-state index is -2.53. The van der Waals surface area contributed by atoms with Crippen LogP contribution in [0.15, 0.2) is 91.0 Å². The van der Waals surface area contributed by atoms with Crippen LogP contribution in [0, 0.1) is 0 Å². The first-order valence-corrected chi connectivity index (χ1v) is 9.10. The van der Waals surface area contributed by atoms with Gasteiger partial charge < -0.3 is 5.16 Å². The van der Waals surface area contributed by atoms with E-state index in [0.29, 0.717) is 0 Å². The number of halogens is 2. The van der Waals surface area contributed by atoms with Gasteiger partial charge in [-0.05, 0) is 15.9 Å². The van der Waals surface area contributed by atoms with Crippen molar-refractivity contribution in [2.45, 2.75) is 0 Å². The maximum atomic E-state index is 11.5. The fourth-order valence-electron chi connectivity index (χ4n) is 2.38. The summed E-state index contributed by atoms with van der Waals surface area (Å²) in [4.78, 5) is 0. The van der Waals surface area contributed by atoms with Crippen LogP contribution in [0.4, 0.5) is 0 Å². The van der Waals surface area contributed by atoms with E-state index < -0.39 is 7.05 Å². The summed E-state index contributed by atoms with van der Waals surface area (Å²) in [7, 11) is -2.53. The van der Waals surface area contributed by atoms with Gasteiger partial charge in [-0.3, -0.25) is 0 Å². The fraction of sp³-hybridized carbons (Fsp3) is 0. The second-order valence-corrected chi connectivity index (χ2v) is 7.46. The van der Waals surface area contributed by atoms with Crippen LogP contribution in [0.2, 0.25) is 0 Å². The first kappa shape index (κ1) is 22.9. The third-order valence-corrected chi connectivity index (χ3v) is 6.53. The van der Waals surface area contributed by atoms with Crippen LogP contribution in [0.1, 0.15) is 0 Å². The zero-order chi connectivity index (χ0) is 15.8. The molecule has 0 aliphatic heterocycles. The molecule has 0 spiro atoms. The van der Waals surface area contributed by atoms with E-state index in [9.17, 15) is 5.16 Å². The van der Waals surface area contributed by atoms with Crippen molar-refractivity contribution in [3.05, 3.63) is 96.2 Å². The summed E-state index contributed by atoms with van der Waals surface area (Å²) < 4.78 is 8.19. The van der Waals surface area contributed by atoms with Gasteiger partial charge in [-0.25, -0.2) is 0 Å². The van der Waals surface area contributed by atoms with Gasteiger partial charge in [0.25, 0.3) is 0 Å². The molecule has 0 saturated carbocycles. The van der Waals surface area contributed by atoms with Crippen molar-refractivity contribution in [2.24, 2.45) is 0 Å². The molecule has 3 aromatic rings. The predicted molar refractivity (Wildman–Crippen MR) is 104 cm³/mol. The van der Waals surface area contributed by atoms with Gasteiger partial charge in [0.2, 0.25) is 0 Å². The standard InChI is InChI=1S/C18H15NP.2ClH.O.V/c19-20(16-10-4-1-5-11-16,17-12-6-2-7-13-17)18-14-8-3-9-15-18;;;;/h1-15H;2*1H;;/q-1;;;;. The topological polar surface area (TPSA) is 39.4 Å². The molecule has 3 aromatic carbocycles. The molecule has 0 bridgehead atoms. The van der Waals surface area contributed by atoms with Gasteiger partial charge >= 0.3 is 21.0 Å². The Kier molecular flexibility index (Phi) is 10.9. The number of hydrogen-bond donors (Lipinski definition) is 0. The van der Waals surface area contributed by atoms with Crippen molar-refractivity contribution in [3.63, 3.8) is 0 Å². The van der Waals surface area contributed by atoms with Crippen LogP contribution < -0.4 is 15.9 Å². The van der Waals surface area contributed by atoms with E-state index in [1.54, 1.807) is 0 Å². The van der Waals surface area contributed by atoms with Gasteiger partial charge in [0.05, 0.1) is 0 Å². The van der Waals surface area contributed by atoms with Gasteiger partial charge in [-0.15, -0.1) is 31.9 Å². The van der Waals surface area contributed by atoms with E-state index in [4.69, 9.17) is 3.67 Å². The van der Waals surface area contributed by atoms with Gasteiger partial charge in [-0.1, -0.05) is 91.0 Å². The maximum absolute atomic E-state index is 11.5. The fourth-order valence-corrected chi connectivity index (χ4v) is 5.08. The van der Waals surface area contributed by atoms with E-state index in [1.807, 2.05) is 91.0 Å². The van der Waals surface area contributed by atoms with Crippen molar-refractivity contribution in [3.8, 4) is 0 Å². The summed E-state index contributed by atoms with van der Waals surface area (Å²) in [5.41, 5.74) is 0. The Labute approximate surface area is 164 Å². The van der Waals surface area contributed by atoms with E-state index in [1.165, 1.54) is 0 Å². The summed E-state index contributed by atoms with van der Waals surface area (Å²) in [6, 6.07) is 29.8.